The van der Waals surface area contributed by atoms with Crippen molar-refractivity contribution in [2.75, 3.05) is 25.5 Å². The van der Waals surface area contributed by atoms with Crippen LogP contribution in [0.1, 0.15) is 38.3 Å². The molecule has 10 heteroatoms. The highest BCUT2D eigenvalue weighted by Gasteiger charge is 2.22. The Bertz CT molecular complexity index is 1110. The zero-order valence-electron chi connectivity index (χ0n) is 18.7. The molecule has 178 valence electrons. The third-order valence-electron chi connectivity index (χ3n) is 5.22. The molecule has 33 heavy (non-hydrogen) atoms. The number of rotatable bonds is 13. The minimum absolute atomic E-state index is 0.0168. The van der Waals surface area contributed by atoms with Crippen LogP contribution in [0.15, 0.2) is 48.8 Å². The van der Waals surface area contributed by atoms with E-state index in [-0.39, 0.29) is 24.5 Å². The molecule has 7 nitrogen and oxygen atoms in total. The van der Waals surface area contributed by atoms with Crippen LogP contribution in [-0.2, 0) is 16.4 Å². The molecule has 0 radical (unpaired) electrons. The van der Waals surface area contributed by atoms with Crippen molar-refractivity contribution in [3.8, 4) is 17.2 Å². The lowest BCUT2D eigenvalue weighted by Crippen LogP contribution is -2.36. The van der Waals surface area contributed by atoms with Crippen LogP contribution in [0.25, 0.3) is 17.2 Å². The fraction of sp³-hybridized carbons (Fsp3) is 0.435. The van der Waals surface area contributed by atoms with Crippen LogP contribution in [0.3, 0.4) is 0 Å². The van der Waals surface area contributed by atoms with Crippen molar-refractivity contribution in [2.24, 2.45) is 0 Å². The molecule has 0 saturated heterocycles. The third-order valence-corrected chi connectivity index (χ3v) is 7.18. The first-order chi connectivity index (χ1) is 15.9. The van der Waals surface area contributed by atoms with Gasteiger partial charge in [0.1, 0.15) is 5.82 Å². The molecule has 0 atom stereocenters. The summed E-state index contributed by atoms with van der Waals surface area (Å²) in [4.78, 5) is 8.53. The van der Waals surface area contributed by atoms with E-state index in [0.29, 0.717) is 24.6 Å². The van der Waals surface area contributed by atoms with Crippen LogP contribution in [0.5, 0.6) is 0 Å². The van der Waals surface area contributed by atoms with Crippen molar-refractivity contribution >= 4 is 10.0 Å². The molecule has 2 aromatic heterocycles. The predicted octanol–water partition coefficient (Wildman–Crippen LogP) is 4.19. The van der Waals surface area contributed by atoms with Crippen molar-refractivity contribution in [1.82, 2.24) is 24.1 Å². The van der Waals surface area contributed by atoms with Gasteiger partial charge in [-0.05, 0) is 49.2 Å². The molecular weight excluding hydrogens is 448 g/mol. The monoisotopic (exact) mass is 477 g/mol. The Kier molecular flexibility index (Phi) is 9.02. The van der Waals surface area contributed by atoms with E-state index in [2.05, 4.69) is 22.0 Å². The molecule has 0 N–H and O–H groups in total. The van der Waals surface area contributed by atoms with E-state index in [1.807, 2.05) is 6.07 Å². The topological polar surface area (TPSA) is 81.0 Å². The van der Waals surface area contributed by atoms with Crippen molar-refractivity contribution in [3.05, 3.63) is 60.3 Å². The maximum absolute atomic E-state index is 13.4. The van der Waals surface area contributed by atoms with Crippen LogP contribution in [0.2, 0.25) is 0 Å². The van der Waals surface area contributed by atoms with Gasteiger partial charge in [-0.1, -0.05) is 19.8 Å². The lowest BCUT2D eigenvalue weighted by atomic mass is 10.1. The molecular formula is C23H29F2N5O2S. The molecule has 0 aliphatic carbocycles. The first-order valence-electron chi connectivity index (χ1n) is 11.1. The molecule has 3 rings (SSSR count). The highest BCUT2D eigenvalue weighted by atomic mass is 32.2. The number of sulfonamides is 1. The van der Waals surface area contributed by atoms with Gasteiger partial charge in [-0.15, -0.1) is 0 Å². The number of nitrogens with zero attached hydrogens (tertiary/aromatic N) is 5. The van der Waals surface area contributed by atoms with Crippen LogP contribution in [-0.4, -0.2) is 58.0 Å². The fourth-order valence-corrected chi connectivity index (χ4v) is 4.98. The summed E-state index contributed by atoms with van der Waals surface area (Å²) in [7, 11) is -3.57. The summed E-state index contributed by atoms with van der Waals surface area (Å²) in [5, 5.41) is 4.60. The normalized spacial score (nSPS) is 11.9. The van der Waals surface area contributed by atoms with E-state index in [1.165, 1.54) is 16.4 Å². The zero-order valence-corrected chi connectivity index (χ0v) is 19.5. The maximum Gasteiger partial charge on any atom is 0.250 e. The van der Waals surface area contributed by atoms with Gasteiger partial charge in [0, 0.05) is 43.2 Å². The van der Waals surface area contributed by atoms with E-state index in [0.717, 1.165) is 30.5 Å². The van der Waals surface area contributed by atoms with Gasteiger partial charge in [0.2, 0.25) is 10.0 Å². The molecule has 0 saturated carbocycles. The molecule has 0 bridgehead atoms. The third kappa shape index (κ3) is 6.88. The fourth-order valence-electron chi connectivity index (χ4n) is 3.47. The first kappa shape index (κ1) is 24.9. The summed E-state index contributed by atoms with van der Waals surface area (Å²) in [5.74, 6) is -0.193. The number of alkyl halides is 1. The predicted molar refractivity (Wildman–Crippen MR) is 124 cm³/mol. The number of unbranched alkanes of at least 4 members (excludes halogenated alkanes) is 2. The summed E-state index contributed by atoms with van der Waals surface area (Å²) >= 11 is 0. The van der Waals surface area contributed by atoms with Gasteiger partial charge in [0.15, 0.2) is 0 Å². The van der Waals surface area contributed by atoms with Crippen molar-refractivity contribution in [1.29, 1.82) is 0 Å². The van der Waals surface area contributed by atoms with E-state index in [4.69, 9.17) is 0 Å². The molecule has 0 aliphatic heterocycles. The van der Waals surface area contributed by atoms with Gasteiger partial charge in [-0.25, -0.2) is 31.8 Å². The molecule has 0 fully saturated rings. The molecule has 0 unspecified atom stereocenters. The van der Waals surface area contributed by atoms with Crippen LogP contribution < -0.4 is 0 Å². The van der Waals surface area contributed by atoms with Gasteiger partial charge < -0.3 is 0 Å². The minimum atomic E-state index is -3.57. The summed E-state index contributed by atoms with van der Waals surface area (Å²) in [6, 6.07) is 9.52. The van der Waals surface area contributed by atoms with Gasteiger partial charge >= 0.3 is 0 Å². The second kappa shape index (κ2) is 11.9. The number of halogens is 2. The Hall–Kier alpha value is -2.72. The standard InChI is InChI=1S/C23H29F2N5O2S/c1-2-3-4-15-29(33(31,32)17-5-12-24)16-11-21-18-22(19-7-9-20(25)10-8-19)28-30(21)23-26-13-6-14-27-23/h6-10,13-14,18H,2-5,11-12,15-17H2,1H3. The Balaban J connectivity index is 1.88. The lowest BCUT2D eigenvalue weighted by Gasteiger charge is -2.22. The minimum Gasteiger partial charge on any atom is -0.251 e. The maximum atomic E-state index is 13.4. The second-order valence-electron chi connectivity index (χ2n) is 7.70. The highest BCUT2D eigenvalue weighted by molar-refractivity contribution is 7.89. The lowest BCUT2D eigenvalue weighted by molar-refractivity contribution is 0.395. The Morgan fingerprint density at radius 2 is 1.76 bits per heavy atom. The average Bonchev–Trinajstić information content (AvgIpc) is 3.25. The van der Waals surface area contributed by atoms with Crippen molar-refractivity contribution < 1.29 is 17.2 Å². The van der Waals surface area contributed by atoms with Crippen molar-refractivity contribution in [2.45, 2.75) is 39.0 Å². The zero-order chi connectivity index (χ0) is 23.7. The molecule has 0 amide bonds. The highest BCUT2D eigenvalue weighted by Crippen LogP contribution is 2.22. The summed E-state index contributed by atoms with van der Waals surface area (Å²) < 4.78 is 54.6. The van der Waals surface area contributed by atoms with E-state index >= 15 is 0 Å². The van der Waals surface area contributed by atoms with E-state index in [1.54, 1.807) is 35.3 Å². The largest absolute Gasteiger partial charge is 0.251 e. The summed E-state index contributed by atoms with van der Waals surface area (Å²) in [6.07, 6.45) is 6.18. The number of hydrogen-bond acceptors (Lipinski definition) is 5. The van der Waals surface area contributed by atoms with Crippen LogP contribution >= 0.6 is 0 Å². The SMILES string of the molecule is CCCCCN(CCc1cc(-c2ccc(F)cc2)nn1-c1ncccn1)S(=O)(=O)CCCF. The Morgan fingerprint density at radius 3 is 2.42 bits per heavy atom. The quantitative estimate of drug-likeness (QED) is 0.345. The van der Waals surface area contributed by atoms with Gasteiger partial charge in [0.25, 0.3) is 5.95 Å². The summed E-state index contributed by atoms with van der Waals surface area (Å²) in [6.45, 7) is 2.02. The second-order valence-corrected chi connectivity index (χ2v) is 9.79. The molecule has 0 aliphatic rings. The van der Waals surface area contributed by atoms with Crippen LogP contribution in [0, 0.1) is 5.82 Å². The smallest absolute Gasteiger partial charge is 0.250 e. The molecule has 1 aromatic carbocycles. The Labute approximate surface area is 193 Å². The average molecular weight is 478 g/mol. The van der Waals surface area contributed by atoms with E-state index < -0.39 is 16.7 Å². The number of hydrogen-bond donors (Lipinski definition) is 0. The van der Waals surface area contributed by atoms with Crippen LogP contribution in [0.4, 0.5) is 8.78 Å². The van der Waals surface area contributed by atoms with Crippen molar-refractivity contribution in [3.63, 3.8) is 0 Å². The molecule has 3 aromatic rings. The molecule has 0 spiro atoms. The van der Waals surface area contributed by atoms with Gasteiger partial charge in [-0.3, -0.25) is 4.39 Å². The molecule has 2 heterocycles. The number of benzene rings is 1. The van der Waals surface area contributed by atoms with Gasteiger partial charge in [0.05, 0.1) is 18.1 Å². The summed E-state index contributed by atoms with van der Waals surface area (Å²) in [5.41, 5.74) is 2.06. The van der Waals surface area contributed by atoms with Gasteiger partial charge in [-0.2, -0.15) is 5.10 Å². The number of aromatic nitrogens is 4. The Morgan fingerprint density at radius 1 is 1.03 bits per heavy atom. The first-order valence-corrected chi connectivity index (χ1v) is 12.7. The van der Waals surface area contributed by atoms with E-state index in [9.17, 15) is 17.2 Å².